The van der Waals surface area contributed by atoms with Crippen LogP contribution in [0.1, 0.15) is 5.69 Å². The third-order valence-corrected chi connectivity index (χ3v) is 3.33. The number of imidazole rings is 1. The van der Waals surface area contributed by atoms with Crippen LogP contribution in [0.3, 0.4) is 0 Å². The maximum absolute atomic E-state index is 5.45. The van der Waals surface area contributed by atoms with Crippen molar-refractivity contribution in [2.45, 2.75) is 6.92 Å². The molecule has 3 aromatic rings. The monoisotopic (exact) mass is 269 g/mol. The Kier molecular flexibility index (Phi) is 3.02. The number of nitrogens with zero attached hydrogens (tertiary/aromatic N) is 3. The summed E-state index contributed by atoms with van der Waals surface area (Å²) >= 11 is 0. The standard InChI is InChI=1S/C15H15N3O2/c1-10-15(17-13-7-8-16-9-18(10)13)14-11(19-2)5-4-6-12(14)20-3/h4-9H,1-3H3. The summed E-state index contributed by atoms with van der Waals surface area (Å²) in [6.07, 6.45) is 3.48. The molecule has 2 aromatic heterocycles. The average Bonchev–Trinajstić information content (AvgIpc) is 2.83. The summed E-state index contributed by atoms with van der Waals surface area (Å²) in [7, 11) is 3.29. The quantitative estimate of drug-likeness (QED) is 0.733. The van der Waals surface area contributed by atoms with Gasteiger partial charge in [-0.25, -0.2) is 9.97 Å². The van der Waals surface area contributed by atoms with E-state index in [9.17, 15) is 0 Å². The molecule has 5 nitrogen and oxygen atoms in total. The van der Waals surface area contributed by atoms with E-state index < -0.39 is 0 Å². The number of hydrogen-bond donors (Lipinski definition) is 0. The Labute approximate surface area is 116 Å². The first-order valence-corrected chi connectivity index (χ1v) is 6.26. The molecule has 1 aromatic carbocycles. The lowest BCUT2D eigenvalue weighted by Crippen LogP contribution is -1.94. The topological polar surface area (TPSA) is 48.7 Å². The zero-order valence-corrected chi connectivity index (χ0v) is 11.6. The molecule has 0 aliphatic rings. The van der Waals surface area contributed by atoms with Crippen molar-refractivity contribution in [3.05, 3.63) is 42.5 Å². The van der Waals surface area contributed by atoms with Gasteiger partial charge >= 0.3 is 0 Å². The summed E-state index contributed by atoms with van der Waals surface area (Å²) in [6.45, 7) is 2.00. The predicted molar refractivity (Wildman–Crippen MR) is 76.3 cm³/mol. The van der Waals surface area contributed by atoms with Crippen molar-refractivity contribution in [3.8, 4) is 22.8 Å². The molecule has 3 rings (SSSR count). The van der Waals surface area contributed by atoms with Crippen LogP contribution < -0.4 is 9.47 Å². The minimum Gasteiger partial charge on any atom is -0.496 e. The van der Waals surface area contributed by atoms with Gasteiger partial charge in [-0.3, -0.25) is 4.40 Å². The van der Waals surface area contributed by atoms with Gasteiger partial charge in [0.05, 0.1) is 25.5 Å². The van der Waals surface area contributed by atoms with Crippen LogP contribution in [-0.2, 0) is 0 Å². The summed E-state index contributed by atoms with van der Waals surface area (Å²) in [5.41, 5.74) is 3.54. The van der Waals surface area contributed by atoms with Crippen LogP contribution in [0.5, 0.6) is 11.5 Å². The SMILES string of the molecule is COc1cccc(OC)c1-c1nc2ccncn2c1C. The molecular formula is C15H15N3O2. The van der Waals surface area contributed by atoms with Crippen LogP contribution in [0.4, 0.5) is 0 Å². The van der Waals surface area contributed by atoms with Gasteiger partial charge in [0.15, 0.2) is 0 Å². The van der Waals surface area contributed by atoms with E-state index in [0.717, 1.165) is 34.1 Å². The molecule has 0 saturated heterocycles. The highest BCUT2D eigenvalue weighted by Crippen LogP contribution is 2.39. The lowest BCUT2D eigenvalue weighted by Gasteiger charge is -2.11. The van der Waals surface area contributed by atoms with Gasteiger partial charge in [-0.1, -0.05) is 6.07 Å². The highest BCUT2D eigenvalue weighted by Gasteiger charge is 2.18. The van der Waals surface area contributed by atoms with Gasteiger partial charge in [0.1, 0.15) is 23.5 Å². The van der Waals surface area contributed by atoms with E-state index in [1.165, 1.54) is 0 Å². The highest BCUT2D eigenvalue weighted by atomic mass is 16.5. The van der Waals surface area contributed by atoms with Crippen LogP contribution in [0, 0.1) is 6.92 Å². The Morgan fingerprint density at radius 2 is 1.75 bits per heavy atom. The van der Waals surface area contributed by atoms with Gasteiger partial charge in [0.25, 0.3) is 0 Å². The van der Waals surface area contributed by atoms with Gasteiger partial charge in [0.2, 0.25) is 0 Å². The van der Waals surface area contributed by atoms with Crippen molar-refractivity contribution < 1.29 is 9.47 Å². The van der Waals surface area contributed by atoms with Crippen molar-refractivity contribution in [2.75, 3.05) is 14.2 Å². The number of hydrogen-bond acceptors (Lipinski definition) is 4. The molecule has 0 N–H and O–H groups in total. The van der Waals surface area contributed by atoms with Crippen molar-refractivity contribution >= 4 is 5.65 Å². The third-order valence-electron chi connectivity index (χ3n) is 3.33. The molecule has 0 bridgehead atoms. The Morgan fingerprint density at radius 1 is 1.05 bits per heavy atom. The smallest absolute Gasteiger partial charge is 0.140 e. The molecule has 2 heterocycles. The Bertz CT molecular complexity index is 743. The zero-order chi connectivity index (χ0) is 14.1. The van der Waals surface area contributed by atoms with Gasteiger partial charge in [-0.05, 0) is 25.1 Å². The summed E-state index contributed by atoms with van der Waals surface area (Å²) < 4.78 is 12.8. The van der Waals surface area contributed by atoms with Crippen molar-refractivity contribution in [3.63, 3.8) is 0 Å². The number of benzene rings is 1. The maximum atomic E-state index is 5.45. The molecule has 0 unspecified atom stereocenters. The van der Waals surface area contributed by atoms with E-state index in [1.54, 1.807) is 26.7 Å². The molecule has 0 amide bonds. The van der Waals surface area contributed by atoms with Crippen LogP contribution in [0.15, 0.2) is 36.8 Å². The Hall–Kier alpha value is -2.56. The first-order chi connectivity index (χ1) is 9.76. The molecule has 5 heteroatoms. The number of aryl methyl sites for hydroxylation is 1. The number of methoxy groups -OCH3 is 2. The molecule has 0 saturated carbocycles. The fourth-order valence-corrected chi connectivity index (χ4v) is 2.33. The zero-order valence-electron chi connectivity index (χ0n) is 11.6. The fourth-order valence-electron chi connectivity index (χ4n) is 2.33. The average molecular weight is 269 g/mol. The normalized spacial score (nSPS) is 10.8. The van der Waals surface area contributed by atoms with Crippen LogP contribution in [-0.4, -0.2) is 28.6 Å². The van der Waals surface area contributed by atoms with Crippen molar-refractivity contribution in [1.82, 2.24) is 14.4 Å². The van der Waals surface area contributed by atoms with Gasteiger partial charge in [-0.15, -0.1) is 0 Å². The lowest BCUT2D eigenvalue weighted by atomic mass is 10.1. The van der Waals surface area contributed by atoms with Gasteiger partial charge in [-0.2, -0.15) is 0 Å². The second kappa shape index (κ2) is 4.85. The first-order valence-electron chi connectivity index (χ1n) is 6.26. The largest absolute Gasteiger partial charge is 0.496 e. The molecule has 0 spiro atoms. The molecule has 0 aliphatic carbocycles. The highest BCUT2D eigenvalue weighted by molar-refractivity contribution is 5.77. The number of fused-ring (bicyclic) bond motifs is 1. The molecule has 0 radical (unpaired) electrons. The van der Waals surface area contributed by atoms with Crippen LogP contribution >= 0.6 is 0 Å². The molecule has 0 atom stereocenters. The van der Waals surface area contributed by atoms with Crippen LogP contribution in [0.25, 0.3) is 16.9 Å². The number of ether oxygens (including phenoxy) is 2. The number of aromatic nitrogens is 3. The second-order valence-corrected chi connectivity index (χ2v) is 4.39. The van der Waals surface area contributed by atoms with Gasteiger partial charge in [0, 0.05) is 11.9 Å². The van der Waals surface area contributed by atoms with Crippen molar-refractivity contribution in [2.24, 2.45) is 0 Å². The molecular weight excluding hydrogens is 254 g/mol. The molecule has 102 valence electrons. The van der Waals surface area contributed by atoms with E-state index >= 15 is 0 Å². The molecule has 0 fully saturated rings. The van der Waals surface area contributed by atoms with Crippen molar-refractivity contribution in [1.29, 1.82) is 0 Å². The van der Waals surface area contributed by atoms with E-state index in [1.807, 2.05) is 35.6 Å². The molecule has 0 aliphatic heterocycles. The van der Waals surface area contributed by atoms with E-state index in [4.69, 9.17) is 9.47 Å². The van der Waals surface area contributed by atoms with E-state index in [0.29, 0.717) is 0 Å². The minimum atomic E-state index is 0.740. The third kappa shape index (κ3) is 1.79. The summed E-state index contributed by atoms with van der Waals surface area (Å²) in [5, 5.41) is 0. The Morgan fingerprint density at radius 3 is 2.35 bits per heavy atom. The Balaban J connectivity index is 2.33. The van der Waals surface area contributed by atoms with Gasteiger partial charge < -0.3 is 9.47 Å². The van der Waals surface area contributed by atoms with E-state index in [2.05, 4.69) is 9.97 Å². The lowest BCUT2D eigenvalue weighted by molar-refractivity contribution is 0.397. The fraction of sp³-hybridized carbons (Fsp3) is 0.200. The maximum Gasteiger partial charge on any atom is 0.140 e. The summed E-state index contributed by atoms with van der Waals surface area (Å²) in [4.78, 5) is 8.79. The first kappa shape index (κ1) is 12.5. The predicted octanol–water partition coefficient (Wildman–Crippen LogP) is 2.72. The van der Waals surface area contributed by atoms with E-state index in [-0.39, 0.29) is 0 Å². The summed E-state index contributed by atoms with van der Waals surface area (Å²) in [6, 6.07) is 7.57. The number of rotatable bonds is 3. The second-order valence-electron chi connectivity index (χ2n) is 4.39. The minimum absolute atomic E-state index is 0.740. The molecule has 20 heavy (non-hydrogen) atoms. The summed E-state index contributed by atoms with van der Waals surface area (Å²) in [5.74, 6) is 1.48. The van der Waals surface area contributed by atoms with Crippen LogP contribution in [0.2, 0.25) is 0 Å².